The molecule has 0 bridgehead atoms. The second-order valence-corrected chi connectivity index (χ2v) is 8.55. The van der Waals surface area contributed by atoms with E-state index in [4.69, 9.17) is 15.5 Å². The predicted octanol–water partition coefficient (Wildman–Crippen LogP) is 4.82. The molecular weight excluding hydrogens is 400 g/mol. The molecule has 32 heavy (non-hydrogen) atoms. The fraction of sp³-hybridized carbons (Fsp3) is 0.308. The molecule has 2 aromatic carbocycles. The summed E-state index contributed by atoms with van der Waals surface area (Å²) in [5.74, 6) is 3.04. The second-order valence-electron chi connectivity index (χ2n) is 8.55. The highest BCUT2D eigenvalue weighted by atomic mass is 16.5. The van der Waals surface area contributed by atoms with Crippen molar-refractivity contribution in [3.63, 3.8) is 0 Å². The normalized spacial score (nSPS) is 18.7. The van der Waals surface area contributed by atoms with Crippen LogP contribution in [-0.2, 0) is 6.61 Å². The maximum atomic E-state index is 9.49. The molecule has 2 heterocycles. The Morgan fingerprint density at radius 2 is 1.84 bits per heavy atom. The minimum absolute atomic E-state index is 0.271. The van der Waals surface area contributed by atoms with Gasteiger partial charge in [-0.15, -0.1) is 0 Å². The lowest BCUT2D eigenvalue weighted by molar-refractivity contribution is 0.181. The van der Waals surface area contributed by atoms with Gasteiger partial charge in [-0.2, -0.15) is 0 Å². The van der Waals surface area contributed by atoms with Gasteiger partial charge in [0.05, 0.1) is 0 Å². The van der Waals surface area contributed by atoms with Gasteiger partial charge in [0.1, 0.15) is 35.2 Å². The summed E-state index contributed by atoms with van der Waals surface area (Å²) in [6.45, 7) is 0.782. The molecule has 1 fully saturated rings. The van der Waals surface area contributed by atoms with Gasteiger partial charge in [-0.1, -0.05) is 42.5 Å². The molecule has 164 valence electrons. The van der Waals surface area contributed by atoms with Crippen molar-refractivity contribution in [2.45, 2.75) is 38.2 Å². The van der Waals surface area contributed by atoms with Crippen LogP contribution >= 0.6 is 0 Å². The van der Waals surface area contributed by atoms with E-state index in [1.807, 2.05) is 48.7 Å². The molecule has 6 nitrogen and oxygen atoms in total. The smallest absolute Gasteiger partial charge is 0.150 e. The highest BCUT2D eigenvalue weighted by Gasteiger charge is 2.27. The van der Waals surface area contributed by atoms with E-state index in [0.29, 0.717) is 24.3 Å². The number of aliphatic hydroxyl groups excluding tert-OH is 1. The Morgan fingerprint density at radius 3 is 2.62 bits per heavy atom. The van der Waals surface area contributed by atoms with E-state index in [9.17, 15) is 5.11 Å². The molecule has 4 aromatic rings. The lowest BCUT2D eigenvalue weighted by atomic mass is 9.82. The number of rotatable bonds is 6. The van der Waals surface area contributed by atoms with E-state index in [2.05, 4.69) is 21.5 Å². The first-order valence-electron chi connectivity index (χ1n) is 11.2. The molecule has 1 aliphatic carbocycles. The zero-order valence-corrected chi connectivity index (χ0v) is 18.0. The van der Waals surface area contributed by atoms with Crippen LogP contribution in [-0.4, -0.2) is 26.1 Å². The maximum absolute atomic E-state index is 9.49. The quantitative estimate of drug-likeness (QED) is 0.460. The molecule has 0 aliphatic heterocycles. The van der Waals surface area contributed by atoms with Gasteiger partial charge in [-0.3, -0.25) is 4.40 Å². The molecule has 0 unspecified atom stereocenters. The summed E-state index contributed by atoms with van der Waals surface area (Å²) in [5.41, 5.74) is 10.1. The Labute approximate surface area is 187 Å². The van der Waals surface area contributed by atoms with Gasteiger partial charge in [-0.05, 0) is 49.3 Å². The molecule has 0 spiro atoms. The van der Waals surface area contributed by atoms with Crippen LogP contribution in [0.4, 0.5) is 5.82 Å². The van der Waals surface area contributed by atoms with Crippen molar-refractivity contribution >= 4 is 11.3 Å². The van der Waals surface area contributed by atoms with Gasteiger partial charge < -0.3 is 15.6 Å². The summed E-state index contributed by atoms with van der Waals surface area (Å²) in [7, 11) is 0. The first kappa shape index (κ1) is 20.5. The van der Waals surface area contributed by atoms with Gasteiger partial charge in [0.2, 0.25) is 0 Å². The van der Waals surface area contributed by atoms with Crippen LogP contribution < -0.4 is 10.5 Å². The third-order valence-electron chi connectivity index (χ3n) is 6.44. The van der Waals surface area contributed by atoms with E-state index >= 15 is 0 Å². The van der Waals surface area contributed by atoms with Gasteiger partial charge in [-0.25, -0.2) is 9.97 Å². The Bertz CT molecular complexity index is 1200. The zero-order valence-electron chi connectivity index (χ0n) is 18.0. The SMILES string of the molecule is Nc1nccn2c1c(-c1cccc(OCc3ccccc3)c1)nc2[C@H]1CC[C@@H](CO)CC1. The predicted molar refractivity (Wildman–Crippen MR) is 125 cm³/mol. The number of hydrogen-bond acceptors (Lipinski definition) is 5. The van der Waals surface area contributed by atoms with Crippen molar-refractivity contribution in [1.29, 1.82) is 0 Å². The highest BCUT2D eigenvalue weighted by Crippen LogP contribution is 2.38. The number of benzene rings is 2. The van der Waals surface area contributed by atoms with Crippen molar-refractivity contribution in [1.82, 2.24) is 14.4 Å². The van der Waals surface area contributed by atoms with Crippen molar-refractivity contribution < 1.29 is 9.84 Å². The van der Waals surface area contributed by atoms with E-state index in [1.54, 1.807) is 6.20 Å². The average Bonchev–Trinajstić information content (AvgIpc) is 3.25. The van der Waals surface area contributed by atoms with Crippen molar-refractivity contribution in [2.24, 2.45) is 5.92 Å². The molecule has 1 aliphatic rings. The fourth-order valence-corrected chi connectivity index (χ4v) is 4.65. The van der Waals surface area contributed by atoms with E-state index in [-0.39, 0.29) is 6.61 Å². The summed E-state index contributed by atoms with van der Waals surface area (Å²) < 4.78 is 8.13. The first-order chi connectivity index (χ1) is 15.7. The molecule has 3 N–H and O–H groups in total. The van der Waals surface area contributed by atoms with Crippen LogP contribution in [0.5, 0.6) is 5.75 Å². The summed E-state index contributed by atoms with van der Waals surface area (Å²) in [5, 5.41) is 9.49. The third kappa shape index (κ3) is 4.06. The summed E-state index contributed by atoms with van der Waals surface area (Å²) in [6.07, 6.45) is 7.77. The number of nitrogen functional groups attached to an aromatic ring is 1. The lowest BCUT2D eigenvalue weighted by Crippen LogP contribution is -2.17. The molecule has 1 saturated carbocycles. The van der Waals surface area contributed by atoms with Crippen LogP contribution in [0.25, 0.3) is 16.8 Å². The monoisotopic (exact) mass is 428 g/mol. The molecular formula is C26H28N4O2. The van der Waals surface area contributed by atoms with Crippen LogP contribution in [0.2, 0.25) is 0 Å². The number of fused-ring (bicyclic) bond motifs is 1. The molecule has 0 amide bonds. The molecule has 5 rings (SSSR count). The van der Waals surface area contributed by atoms with Crippen LogP contribution in [0.15, 0.2) is 67.0 Å². The molecule has 0 atom stereocenters. The first-order valence-corrected chi connectivity index (χ1v) is 11.2. The van der Waals surface area contributed by atoms with Crippen LogP contribution in [0.1, 0.15) is 43.0 Å². The van der Waals surface area contributed by atoms with Crippen molar-refractivity contribution in [3.05, 3.63) is 78.4 Å². The minimum atomic E-state index is 0.271. The summed E-state index contributed by atoms with van der Waals surface area (Å²) in [6, 6.07) is 18.1. The van der Waals surface area contributed by atoms with Gasteiger partial charge in [0.25, 0.3) is 0 Å². The Kier molecular flexibility index (Phi) is 5.77. The third-order valence-corrected chi connectivity index (χ3v) is 6.44. The van der Waals surface area contributed by atoms with Gasteiger partial charge in [0, 0.05) is 30.5 Å². The molecule has 6 heteroatoms. The summed E-state index contributed by atoms with van der Waals surface area (Å²) in [4.78, 5) is 9.41. The molecule has 0 radical (unpaired) electrons. The van der Waals surface area contributed by atoms with Crippen LogP contribution in [0.3, 0.4) is 0 Å². The maximum Gasteiger partial charge on any atom is 0.150 e. The Morgan fingerprint density at radius 1 is 1.03 bits per heavy atom. The second kappa shape index (κ2) is 9.01. The number of nitrogens with two attached hydrogens (primary N) is 1. The lowest BCUT2D eigenvalue weighted by Gasteiger charge is -2.26. The Hall–Kier alpha value is -3.38. The number of nitrogens with zero attached hydrogens (tertiary/aromatic N) is 3. The van der Waals surface area contributed by atoms with E-state index in [1.165, 1.54) is 0 Å². The topological polar surface area (TPSA) is 85.7 Å². The van der Waals surface area contributed by atoms with Gasteiger partial charge in [0.15, 0.2) is 0 Å². The molecule has 2 aromatic heterocycles. The highest BCUT2D eigenvalue weighted by molar-refractivity contribution is 5.85. The van der Waals surface area contributed by atoms with Crippen molar-refractivity contribution in [2.75, 3.05) is 12.3 Å². The molecule has 0 saturated heterocycles. The zero-order chi connectivity index (χ0) is 21.9. The number of hydrogen-bond donors (Lipinski definition) is 2. The fourth-order valence-electron chi connectivity index (χ4n) is 4.65. The number of imidazole rings is 1. The van der Waals surface area contributed by atoms with E-state index < -0.39 is 0 Å². The summed E-state index contributed by atoms with van der Waals surface area (Å²) >= 11 is 0. The number of aromatic nitrogens is 3. The number of ether oxygens (including phenoxy) is 1. The average molecular weight is 429 g/mol. The van der Waals surface area contributed by atoms with E-state index in [0.717, 1.165) is 59.6 Å². The number of aliphatic hydroxyl groups is 1. The standard InChI is InChI=1S/C26H28N4O2/c27-25-24-23(21-7-4-8-22(15-21)32-17-19-5-2-1-3-6-19)29-26(30(24)14-13-28-25)20-11-9-18(16-31)10-12-20/h1-8,13-15,18,20,31H,9-12,16-17H2,(H2,27,28)/t18-,20+. The minimum Gasteiger partial charge on any atom is -0.489 e. The largest absolute Gasteiger partial charge is 0.489 e. The van der Waals surface area contributed by atoms with Crippen LogP contribution in [0, 0.1) is 5.92 Å². The Balaban J connectivity index is 1.48. The van der Waals surface area contributed by atoms with Crippen molar-refractivity contribution in [3.8, 4) is 17.0 Å². The number of anilines is 1. The van der Waals surface area contributed by atoms with Gasteiger partial charge >= 0.3 is 0 Å².